The molecule has 2 aromatic carbocycles. The molecule has 0 aliphatic heterocycles. The Morgan fingerprint density at radius 2 is 1.85 bits per heavy atom. The highest BCUT2D eigenvalue weighted by Gasteiger charge is 2.11. The molecule has 0 saturated carbocycles. The van der Waals surface area contributed by atoms with E-state index in [1.54, 1.807) is 30.3 Å². The number of nitrogens with two attached hydrogens (primary N) is 1. The minimum atomic E-state index is -0.441. The van der Waals surface area contributed by atoms with Crippen molar-refractivity contribution in [3.05, 3.63) is 89.1 Å². The number of carbonyl (C=O) groups excluding carboxylic acids is 2. The molecule has 0 fully saturated rings. The molecule has 0 radical (unpaired) electrons. The zero-order valence-corrected chi connectivity index (χ0v) is 17.5. The van der Waals surface area contributed by atoms with Crippen LogP contribution in [0.3, 0.4) is 0 Å². The largest absolute Gasteiger partial charge is 0.347 e. The molecular weight excluding hydrogens is 427 g/mol. The number of benzene rings is 2. The van der Waals surface area contributed by atoms with Gasteiger partial charge < -0.3 is 16.5 Å². The lowest BCUT2D eigenvalue weighted by Crippen LogP contribution is -2.24. The Balaban J connectivity index is 1.57. The molecule has 0 atom stereocenters. The van der Waals surface area contributed by atoms with E-state index < -0.39 is 17.6 Å². The summed E-state index contributed by atoms with van der Waals surface area (Å²) >= 11 is 0. The van der Waals surface area contributed by atoms with Gasteiger partial charge in [0.05, 0.1) is 6.42 Å². The number of nitrogens with zero attached hydrogens (tertiary/aromatic N) is 4. The summed E-state index contributed by atoms with van der Waals surface area (Å²) in [5, 5.41) is 12.4. The van der Waals surface area contributed by atoms with E-state index >= 15 is 0 Å². The van der Waals surface area contributed by atoms with Crippen LogP contribution in [0.5, 0.6) is 0 Å². The normalized spacial score (nSPS) is 10.9. The molecule has 0 aliphatic rings. The van der Waals surface area contributed by atoms with Crippen LogP contribution in [0.25, 0.3) is 0 Å². The van der Waals surface area contributed by atoms with Crippen molar-refractivity contribution in [3.8, 4) is 0 Å². The third-order valence-electron chi connectivity index (χ3n) is 4.42. The molecule has 5 N–H and O–H groups in total. The first-order valence-corrected chi connectivity index (χ1v) is 9.72. The number of carbonyl (C=O) groups is 2. The Labute approximate surface area is 188 Å². The van der Waals surface area contributed by atoms with Crippen molar-refractivity contribution < 1.29 is 14.0 Å². The first-order valence-electron chi connectivity index (χ1n) is 9.72. The molecule has 10 nitrogen and oxygen atoms in total. The van der Waals surface area contributed by atoms with Gasteiger partial charge in [0.25, 0.3) is 5.91 Å². The van der Waals surface area contributed by atoms with Crippen LogP contribution in [-0.2, 0) is 17.8 Å². The van der Waals surface area contributed by atoms with Crippen molar-refractivity contribution in [1.82, 2.24) is 20.7 Å². The van der Waals surface area contributed by atoms with Gasteiger partial charge in [-0.15, -0.1) is 0 Å². The average molecular weight is 448 g/mol. The number of amides is 2. The molecule has 168 valence electrons. The van der Waals surface area contributed by atoms with Crippen LogP contribution in [-0.4, -0.2) is 34.3 Å². The average Bonchev–Trinajstić information content (AvgIpc) is 2.81. The van der Waals surface area contributed by atoms with Crippen LogP contribution in [0.15, 0.2) is 71.1 Å². The first-order chi connectivity index (χ1) is 16.0. The number of hydrazone groups is 2. The summed E-state index contributed by atoms with van der Waals surface area (Å²) in [7, 11) is 0. The SMILES string of the molecule is C=NN/C(=N\N)c1ccc(CNC(=O)c2cc(NC(=O)Cc3cccc(F)c3)ncn2)cc1. The maximum Gasteiger partial charge on any atom is 0.270 e. The standard InChI is InChI=1S/C22H21FN8O2/c1-25-31-21(30-24)16-7-5-14(6-8-16)12-26-22(33)18-11-19(28-13-27-18)29-20(32)10-15-3-2-4-17(23)9-15/h2-9,11,13H,1,10,12,24H2,(H,26,33)(H,30,31)(H,27,28,29,32). The highest BCUT2D eigenvalue weighted by Crippen LogP contribution is 2.09. The summed E-state index contributed by atoms with van der Waals surface area (Å²) in [5.74, 6) is 4.57. The highest BCUT2D eigenvalue weighted by atomic mass is 19.1. The summed E-state index contributed by atoms with van der Waals surface area (Å²) in [6, 6.07) is 14.2. The summed E-state index contributed by atoms with van der Waals surface area (Å²) in [5.41, 5.74) is 4.72. The Bertz CT molecular complexity index is 1180. The maximum absolute atomic E-state index is 13.3. The minimum Gasteiger partial charge on any atom is -0.347 e. The molecule has 33 heavy (non-hydrogen) atoms. The predicted octanol–water partition coefficient (Wildman–Crippen LogP) is 1.55. The summed E-state index contributed by atoms with van der Waals surface area (Å²) in [6.45, 7) is 3.56. The predicted molar refractivity (Wildman–Crippen MR) is 122 cm³/mol. The number of halogens is 1. The molecule has 1 aromatic heterocycles. The van der Waals surface area contributed by atoms with Crippen LogP contribution in [0.4, 0.5) is 10.2 Å². The van der Waals surface area contributed by atoms with Gasteiger partial charge in [-0.25, -0.2) is 14.4 Å². The van der Waals surface area contributed by atoms with Gasteiger partial charge in [0, 0.05) is 24.9 Å². The fourth-order valence-corrected chi connectivity index (χ4v) is 2.87. The van der Waals surface area contributed by atoms with Crippen molar-refractivity contribution >= 4 is 30.2 Å². The van der Waals surface area contributed by atoms with Crippen molar-refractivity contribution in [1.29, 1.82) is 0 Å². The van der Waals surface area contributed by atoms with E-state index in [0.29, 0.717) is 17.0 Å². The van der Waals surface area contributed by atoms with E-state index in [-0.39, 0.29) is 24.5 Å². The van der Waals surface area contributed by atoms with E-state index in [4.69, 9.17) is 5.84 Å². The molecule has 1 heterocycles. The number of rotatable bonds is 8. The second-order valence-corrected chi connectivity index (χ2v) is 6.77. The van der Waals surface area contributed by atoms with Gasteiger partial charge in [0.2, 0.25) is 5.91 Å². The maximum atomic E-state index is 13.3. The van der Waals surface area contributed by atoms with Crippen LogP contribution in [0, 0.1) is 5.82 Å². The van der Waals surface area contributed by atoms with Gasteiger partial charge >= 0.3 is 0 Å². The number of hydrogen-bond acceptors (Lipinski definition) is 7. The lowest BCUT2D eigenvalue weighted by molar-refractivity contribution is -0.115. The second-order valence-electron chi connectivity index (χ2n) is 6.77. The quantitative estimate of drug-likeness (QED) is 0.178. The van der Waals surface area contributed by atoms with E-state index in [0.717, 1.165) is 5.56 Å². The summed E-state index contributed by atoms with van der Waals surface area (Å²) in [4.78, 5) is 32.6. The van der Waals surface area contributed by atoms with Gasteiger partial charge in [0.1, 0.15) is 23.7 Å². The molecule has 3 aromatic rings. The third kappa shape index (κ3) is 6.66. The number of amidine groups is 1. The van der Waals surface area contributed by atoms with Crippen molar-refractivity contribution in [3.63, 3.8) is 0 Å². The fourth-order valence-electron chi connectivity index (χ4n) is 2.87. The monoisotopic (exact) mass is 448 g/mol. The van der Waals surface area contributed by atoms with E-state index in [1.807, 2.05) is 0 Å². The van der Waals surface area contributed by atoms with E-state index in [2.05, 4.69) is 42.9 Å². The van der Waals surface area contributed by atoms with Crippen LogP contribution in [0.2, 0.25) is 0 Å². The van der Waals surface area contributed by atoms with Crippen LogP contribution in [0.1, 0.15) is 27.2 Å². The lowest BCUT2D eigenvalue weighted by atomic mass is 10.1. The van der Waals surface area contributed by atoms with E-state index in [1.165, 1.54) is 30.6 Å². The van der Waals surface area contributed by atoms with Gasteiger partial charge in [-0.05, 0) is 23.3 Å². The summed E-state index contributed by atoms with van der Waals surface area (Å²) < 4.78 is 13.3. The molecule has 3 rings (SSSR count). The third-order valence-corrected chi connectivity index (χ3v) is 4.42. The van der Waals surface area contributed by atoms with E-state index in [9.17, 15) is 14.0 Å². The Kier molecular flexibility index (Phi) is 7.73. The molecule has 0 saturated heterocycles. The number of anilines is 1. The second kappa shape index (κ2) is 11.1. The van der Waals surface area contributed by atoms with Crippen LogP contribution >= 0.6 is 0 Å². The molecule has 2 amide bonds. The molecule has 0 spiro atoms. The highest BCUT2D eigenvalue weighted by molar-refractivity contribution is 5.98. The first kappa shape index (κ1) is 23.0. The van der Waals surface area contributed by atoms with Crippen LogP contribution < -0.4 is 21.9 Å². The number of nitrogens with one attached hydrogen (secondary N) is 3. The Morgan fingerprint density at radius 1 is 1.06 bits per heavy atom. The van der Waals surface area contributed by atoms with Gasteiger partial charge in [-0.3, -0.25) is 15.0 Å². The molecular formula is C22H21FN8O2. The molecule has 11 heteroatoms. The smallest absolute Gasteiger partial charge is 0.270 e. The van der Waals surface area contributed by atoms with Gasteiger partial charge in [-0.2, -0.15) is 10.2 Å². The van der Waals surface area contributed by atoms with Gasteiger partial charge in [0.15, 0.2) is 5.84 Å². The van der Waals surface area contributed by atoms with Crippen molar-refractivity contribution in [2.45, 2.75) is 13.0 Å². The Morgan fingerprint density at radius 3 is 2.55 bits per heavy atom. The molecule has 0 aliphatic carbocycles. The molecule has 0 unspecified atom stereocenters. The van der Waals surface area contributed by atoms with Crippen molar-refractivity contribution in [2.75, 3.05) is 5.32 Å². The number of hydrogen-bond donors (Lipinski definition) is 4. The minimum absolute atomic E-state index is 0.0335. The topological polar surface area (TPSA) is 147 Å². The fraction of sp³-hybridized carbons (Fsp3) is 0.0909. The zero-order valence-electron chi connectivity index (χ0n) is 17.5. The van der Waals surface area contributed by atoms with Gasteiger partial charge in [-0.1, -0.05) is 36.4 Å². The van der Waals surface area contributed by atoms with Crippen molar-refractivity contribution in [2.24, 2.45) is 16.0 Å². The molecule has 0 bridgehead atoms. The lowest BCUT2D eigenvalue weighted by Gasteiger charge is -2.08. The summed E-state index contributed by atoms with van der Waals surface area (Å²) in [6.07, 6.45) is 1.14. The Hall–Kier alpha value is -4.67. The zero-order chi connectivity index (χ0) is 23.6. The number of aromatic nitrogens is 2.